The number of aliphatic hydroxyl groups excluding tert-OH is 2. The van der Waals surface area contributed by atoms with Crippen LogP contribution in [0.5, 0.6) is 5.75 Å². The van der Waals surface area contributed by atoms with Crippen molar-refractivity contribution >= 4 is 0 Å². The zero-order chi connectivity index (χ0) is 32.4. The van der Waals surface area contributed by atoms with Gasteiger partial charge in [0.05, 0.1) is 39.0 Å². The Bertz CT molecular complexity index is 1190. The fourth-order valence-corrected chi connectivity index (χ4v) is 8.28. The molecule has 4 atom stereocenters. The molecular formula is C38H59BrN2O6. The van der Waals surface area contributed by atoms with Gasteiger partial charge in [-0.15, -0.1) is 0 Å². The van der Waals surface area contributed by atoms with Crippen molar-refractivity contribution in [2.75, 3.05) is 45.9 Å². The molecular weight excluding hydrogens is 660 g/mol. The number of ether oxygens (including phenoxy) is 2. The largest absolute Gasteiger partial charge is 1.00 e. The van der Waals surface area contributed by atoms with Gasteiger partial charge < -0.3 is 51.4 Å². The van der Waals surface area contributed by atoms with Crippen LogP contribution < -0.4 is 22.3 Å². The number of aliphatic hydroxyl groups is 3. The average molecular weight is 720 g/mol. The van der Waals surface area contributed by atoms with Gasteiger partial charge in [0.25, 0.3) is 0 Å². The van der Waals surface area contributed by atoms with E-state index in [9.17, 15) is 20.4 Å². The van der Waals surface area contributed by atoms with Gasteiger partial charge in [0.1, 0.15) is 30.2 Å². The van der Waals surface area contributed by atoms with Gasteiger partial charge in [-0.25, -0.2) is 0 Å². The summed E-state index contributed by atoms with van der Waals surface area (Å²) in [4.78, 5) is 0. The second-order valence-electron chi connectivity index (χ2n) is 14.3. The summed E-state index contributed by atoms with van der Waals surface area (Å²) in [7, 11) is 0. The van der Waals surface area contributed by atoms with Gasteiger partial charge >= 0.3 is 0 Å². The second-order valence-corrected chi connectivity index (χ2v) is 14.3. The number of unbranched alkanes of at least 4 members (excludes halogenated alkanes) is 2. The number of quaternary nitrogens is 1. The van der Waals surface area contributed by atoms with Crippen molar-refractivity contribution in [2.24, 2.45) is 11.8 Å². The summed E-state index contributed by atoms with van der Waals surface area (Å²) in [6.07, 6.45) is 11.5. The Hall–Kier alpha value is -1.56. The summed E-state index contributed by atoms with van der Waals surface area (Å²) in [5, 5.41) is 45.2. The van der Waals surface area contributed by atoms with Crippen molar-refractivity contribution in [3.05, 3.63) is 65.2 Å². The fraction of sp³-hybridized carbons (Fsp3) is 0.684. The fourth-order valence-electron chi connectivity index (χ4n) is 8.28. The minimum atomic E-state index is -0.897. The first kappa shape index (κ1) is 38.2. The van der Waals surface area contributed by atoms with Crippen molar-refractivity contribution in [1.29, 1.82) is 0 Å². The molecule has 1 saturated carbocycles. The van der Waals surface area contributed by atoms with E-state index in [4.69, 9.17) is 9.47 Å². The Morgan fingerprint density at radius 1 is 1.00 bits per heavy atom. The molecule has 0 aromatic heterocycles. The van der Waals surface area contributed by atoms with Gasteiger partial charge in [-0.1, -0.05) is 62.6 Å². The first-order chi connectivity index (χ1) is 22.4. The molecule has 4 aliphatic rings. The van der Waals surface area contributed by atoms with E-state index in [1.54, 1.807) is 12.1 Å². The number of nitrogens with one attached hydrogen (secondary N) is 1. The Morgan fingerprint density at radius 2 is 1.74 bits per heavy atom. The lowest BCUT2D eigenvalue weighted by atomic mass is 9.80. The summed E-state index contributed by atoms with van der Waals surface area (Å²) >= 11 is 0. The minimum absolute atomic E-state index is 0. The Morgan fingerprint density at radius 3 is 2.45 bits per heavy atom. The van der Waals surface area contributed by atoms with Crippen LogP contribution in [0.25, 0.3) is 0 Å². The number of fused-ring (bicyclic) bond motifs is 3. The molecule has 6 rings (SSSR count). The quantitative estimate of drug-likeness (QED) is 0.0863. The lowest BCUT2D eigenvalue weighted by molar-refractivity contribution is -0.946. The maximum Gasteiger partial charge on any atom is 0.121 e. The standard InChI is InChI=1S/C38H58N2O6.BrH/c1-2-11-37(39-25-35(43)30-16-17-34(42)31(24-30)27-41)45-23-10-4-9-20-40-21-18-29(19-22-40)36(26-40)46-28-38(44,33-14-7-8-15-33)32-12-5-3-6-13-32;/h3,5-6,12-13,16-17,24,29,33,35-37,39,41,43-44H,2,4,7-11,14-15,18-23,25-28H2,1H3;1H/t29?,35-,36-,37?,38+,40?;/m0./s1. The van der Waals surface area contributed by atoms with Crippen molar-refractivity contribution in [2.45, 2.75) is 108 Å². The number of piperidine rings is 3. The van der Waals surface area contributed by atoms with Gasteiger partial charge in [-0.3, -0.25) is 5.32 Å². The van der Waals surface area contributed by atoms with Crippen LogP contribution in [-0.4, -0.2) is 83.2 Å². The molecule has 2 bridgehead atoms. The van der Waals surface area contributed by atoms with Gasteiger partial charge in [-0.2, -0.15) is 0 Å². The summed E-state index contributed by atoms with van der Waals surface area (Å²) in [5.41, 5.74) is 1.18. The van der Waals surface area contributed by atoms with Gasteiger partial charge in [0, 0.05) is 37.5 Å². The predicted molar refractivity (Wildman–Crippen MR) is 180 cm³/mol. The van der Waals surface area contributed by atoms with Crippen LogP contribution in [0.3, 0.4) is 0 Å². The van der Waals surface area contributed by atoms with Crippen LogP contribution in [0.1, 0.15) is 100 Å². The number of rotatable bonds is 19. The molecule has 2 aromatic rings. The lowest BCUT2D eigenvalue weighted by Crippen LogP contribution is -3.00. The molecule has 3 heterocycles. The summed E-state index contributed by atoms with van der Waals surface area (Å²) in [6.45, 7) is 8.05. The number of phenols is 1. The monoisotopic (exact) mass is 718 g/mol. The molecule has 2 aromatic carbocycles. The van der Waals surface area contributed by atoms with E-state index in [1.807, 2.05) is 18.2 Å². The zero-order valence-corrected chi connectivity index (χ0v) is 30.0. The van der Waals surface area contributed by atoms with Crippen molar-refractivity contribution in [1.82, 2.24) is 5.32 Å². The minimum Gasteiger partial charge on any atom is -1.00 e. The van der Waals surface area contributed by atoms with Gasteiger partial charge in [0.15, 0.2) is 0 Å². The predicted octanol–water partition coefficient (Wildman–Crippen LogP) is 2.53. The number of hydrogen-bond acceptors (Lipinski definition) is 7. The molecule has 0 radical (unpaired) electrons. The Balaban J connectivity index is 0.00000500. The third-order valence-corrected chi connectivity index (χ3v) is 11.2. The number of nitrogens with zero attached hydrogens (tertiary/aromatic N) is 1. The highest BCUT2D eigenvalue weighted by Crippen LogP contribution is 2.42. The van der Waals surface area contributed by atoms with Crippen molar-refractivity contribution in [3.63, 3.8) is 0 Å². The highest BCUT2D eigenvalue weighted by atomic mass is 79.9. The normalized spacial score (nSPS) is 25.3. The van der Waals surface area contributed by atoms with E-state index in [2.05, 4.69) is 24.4 Å². The first-order valence-corrected chi connectivity index (χ1v) is 18.1. The summed E-state index contributed by atoms with van der Waals surface area (Å²) in [6, 6.07) is 15.1. The van der Waals surface area contributed by atoms with Crippen molar-refractivity contribution < 1.29 is 51.4 Å². The number of halogens is 1. The molecule has 264 valence electrons. The van der Waals surface area contributed by atoms with Crippen LogP contribution >= 0.6 is 0 Å². The van der Waals surface area contributed by atoms with E-state index >= 15 is 0 Å². The van der Waals surface area contributed by atoms with E-state index < -0.39 is 11.7 Å². The molecule has 8 nitrogen and oxygen atoms in total. The number of hydrogen-bond donors (Lipinski definition) is 5. The highest BCUT2D eigenvalue weighted by molar-refractivity contribution is 5.36. The molecule has 9 heteroatoms. The van der Waals surface area contributed by atoms with E-state index in [0.29, 0.717) is 36.8 Å². The van der Waals surface area contributed by atoms with Crippen LogP contribution in [-0.2, 0) is 21.7 Å². The molecule has 3 aliphatic heterocycles. The van der Waals surface area contributed by atoms with E-state index in [0.717, 1.165) is 55.1 Å². The molecule has 47 heavy (non-hydrogen) atoms. The summed E-state index contributed by atoms with van der Waals surface area (Å²) in [5.74, 6) is 0.926. The van der Waals surface area contributed by atoms with Crippen LogP contribution in [0.2, 0.25) is 0 Å². The topological polar surface area (TPSA) is 111 Å². The maximum absolute atomic E-state index is 12.0. The lowest BCUT2D eigenvalue weighted by Gasteiger charge is -2.53. The van der Waals surface area contributed by atoms with Gasteiger partial charge in [-0.05, 0) is 67.7 Å². The molecule has 1 aliphatic carbocycles. The molecule has 0 spiro atoms. The Labute approximate surface area is 292 Å². The molecule has 5 N–H and O–H groups in total. The maximum atomic E-state index is 12.0. The van der Waals surface area contributed by atoms with Crippen LogP contribution in [0.4, 0.5) is 0 Å². The summed E-state index contributed by atoms with van der Waals surface area (Å²) < 4.78 is 14.1. The molecule has 1 unspecified atom stereocenters. The first-order valence-electron chi connectivity index (χ1n) is 18.1. The molecule has 0 amide bonds. The average Bonchev–Trinajstić information content (AvgIpc) is 3.65. The zero-order valence-electron chi connectivity index (χ0n) is 28.4. The van der Waals surface area contributed by atoms with Crippen LogP contribution in [0.15, 0.2) is 48.5 Å². The number of aromatic hydroxyl groups is 1. The highest BCUT2D eigenvalue weighted by Gasteiger charge is 2.48. The SMILES string of the molecule is CCCC(NC[C@H](O)c1ccc(O)c(CO)c1)OCCCCC[N+]12CCC(CC1)[C@@H](OC[C@@](O)(c1ccccc1)C1CCCC1)C2.[Br-]. The number of benzene rings is 2. The third kappa shape index (κ3) is 10.0. The van der Waals surface area contributed by atoms with Gasteiger partial charge in [0.2, 0.25) is 0 Å². The second kappa shape index (κ2) is 18.4. The molecule has 3 saturated heterocycles. The molecule has 4 fully saturated rings. The third-order valence-electron chi connectivity index (χ3n) is 11.2. The van der Waals surface area contributed by atoms with Crippen LogP contribution in [0, 0.1) is 11.8 Å². The van der Waals surface area contributed by atoms with Crippen molar-refractivity contribution in [3.8, 4) is 5.75 Å². The van der Waals surface area contributed by atoms with E-state index in [1.165, 1.54) is 57.8 Å². The Kier molecular flexibility index (Phi) is 15.0. The smallest absolute Gasteiger partial charge is 0.121 e. The van der Waals surface area contributed by atoms with E-state index in [-0.39, 0.29) is 47.6 Å².